The molecule has 0 saturated carbocycles. The summed E-state index contributed by atoms with van der Waals surface area (Å²) in [4.78, 5) is 49.1. The van der Waals surface area contributed by atoms with Crippen molar-refractivity contribution in [1.29, 1.82) is 5.41 Å². The van der Waals surface area contributed by atoms with Crippen LogP contribution >= 0.6 is 7.72 Å². The Morgan fingerprint density at radius 1 is 1.09 bits per heavy atom. The van der Waals surface area contributed by atoms with Gasteiger partial charge in [-0.05, 0) is 23.6 Å². The van der Waals surface area contributed by atoms with Crippen LogP contribution in [-0.2, 0) is 22.4 Å². The number of fused-ring (bicyclic) bond motifs is 1. The molecule has 0 aliphatic rings. The standard InChI is InChI=1S/C23H27N4O4P/c1-15(24)32(30,31)14-18(11-16-7-3-2-4-8-16)23(29)27-21(22(25)28)12-17-13-26-20-10-6-5-9-19(17)20/h2-10,13,18,21,24,26,30-31H,11-12,14H2,1H3,(H2-,25,27,28,29)/p+1. The summed E-state index contributed by atoms with van der Waals surface area (Å²) in [5.41, 5.74) is 7.92. The molecule has 0 spiro atoms. The first-order valence-electron chi connectivity index (χ1n) is 10.3. The van der Waals surface area contributed by atoms with Crippen molar-refractivity contribution in [3.8, 4) is 0 Å². The summed E-state index contributed by atoms with van der Waals surface area (Å²) >= 11 is 0. The third-order valence-electron chi connectivity index (χ3n) is 5.47. The van der Waals surface area contributed by atoms with Crippen molar-refractivity contribution in [2.45, 2.75) is 25.8 Å². The van der Waals surface area contributed by atoms with Gasteiger partial charge in [0.25, 0.3) is 0 Å². The smallest absolute Gasteiger partial charge is 0.314 e. The number of benzene rings is 2. The summed E-state index contributed by atoms with van der Waals surface area (Å²) in [6.07, 6.45) is 1.94. The van der Waals surface area contributed by atoms with Crippen LogP contribution in [0.2, 0.25) is 0 Å². The van der Waals surface area contributed by atoms with E-state index in [2.05, 4.69) is 10.3 Å². The lowest BCUT2D eigenvalue weighted by Gasteiger charge is -2.22. The Morgan fingerprint density at radius 2 is 1.75 bits per heavy atom. The van der Waals surface area contributed by atoms with Gasteiger partial charge in [-0.15, -0.1) is 0 Å². The lowest BCUT2D eigenvalue weighted by molar-refractivity contribution is -0.129. The van der Waals surface area contributed by atoms with E-state index in [0.29, 0.717) is 0 Å². The summed E-state index contributed by atoms with van der Waals surface area (Å²) in [5.74, 6) is -2.03. The van der Waals surface area contributed by atoms with Crippen molar-refractivity contribution in [3.63, 3.8) is 0 Å². The lowest BCUT2D eigenvalue weighted by atomic mass is 9.98. The van der Waals surface area contributed by atoms with Gasteiger partial charge in [0.15, 0.2) is 0 Å². The van der Waals surface area contributed by atoms with Gasteiger partial charge in [0.2, 0.25) is 17.3 Å². The van der Waals surface area contributed by atoms with Crippen molar-refractivity contribution in [2.75, 3.05) is 6.16 Å². The highest BCUT2D eigenvalue weighted by atomic mass is 31.2. The molecule has 9 heteroatoms. The summed E-state index contributed by atoms with van der Waals surface area (Å²) in [7, 11) is -3.72. The molecule has 0 fully saturated rings. The molecule has 1 heterocycles. The predicted molar refractivity (Wildman–Crippen MR) is 126 cm³/mol. The predicted octanol–water partition coefficient (Wildman–Crippen LogP) is 2.37. The molecule has 3 aromatic rings. The quantitative estimate of drug-likeness (QED) is 0.205. The molecule has 2 aromatic carbocycles. The van der Waals surface area contributed by atoms with Crippen LogP contribution in [-0.4, -0.2) is 44.2 Å². The molecule has 8 nitrogen and oxygen atoms in total. The zero-order valence-corrected chi connectivity index (χ0v) is 18.7. The van der Waals surface area contributed by atoms with Gasteiger partial charge >= 0.3 is 7.72 Å². The Morgan fingerprint density at radius 3 is 2.41 bits per heavy atom. The Bertz CT molecular complexity index is 1110. The van der Waals surface area contributed by atoms with E-state index < -0.39 is 31.5 Å². The third-order valence-corrected chi connectivity index (χ3v) is 7.49. The fraction of sp³-hybridized carbons (Fsp3) is 0.261. The Balaban J connectivity index is 1.81. The van der Waals surface area contributed by atoms with Crippen molar-refractivity contribution in [2.24, 2.45) is 11.7 Å². The van der Waals surface area contributed by atoms with Gasteiger partial charge in [-0.25, -0.2) is 9.79 Å². The number of hydrogen-bond acceptors (Lipinski definition) is 5. The van der Waals surface area contributed by atoms with Crippen LogP contribution in [0.1, 0.15) is 18.1 Å². The highest BCUT2D eigenvalue weighted by molar-refractivity contribution is 7.81. The normalized spacial score (nSPS) is 13.5. The largest absolute Gasteiger partial charge is 0.368 e. The van der Waals surface area contributed by atoms with Gasteiger partial charge in [0.05, 0.1) is 5.92 Å². The van der Waals surface area contributed by atoms with E-state index in [-0.39, 0.29) is 24.5 Å². The van der Waals surface area contributed by atoms with Gasteiger partial charge in [0.1, 0.15) is 12.2 Å². The number of nitrogens with two attached hydrogens (primary N) is 1. The van der Waals surface area contributed by atoms with Gasteiger partial charge in [-0.2, -0.15) is 0 Å². The van der Waals surface area contributed by atoms with Crippen molar-refractivity contribution >= 4 is 35.9 Å². The fourth-order valence-corrected chi connectivity index (χ4v) is 4.80. The first-order valence-corrected chi connectivity index (χ1v) is 12.1. The molecule has 3 rings (SSSR count). The minimum Gasteiger partial charge on any atom is -0.368 e. The highest BCUT2D eigenvalue weighted by Crippen LogP contribution is 2.52. The summed E-state index contributed by atoms with van der Waals surface area (Å²) in [6.45, 7) is 1.31. The number of carbonyl (C=O) groups excluding carboxylic acids is 2. The number of carbonyl (C=O) groups is 2. The number of amides is 2. The monoisotopic (exact) mass is 455 g/mol. The average molecular weight is 455 g/mol. The molecule has 2 atom stereocenters. The molecule has 7 N–H and O–H groups in total. The summed E-state index contributed by atoms with van der Waals surface area (Å²) < 4.78 is 0. The first kappa shape index (κ1) is 23.6. The molecule has 168 valence electrons. The van der Waals surface area contributed by atoms with Crippen molar-refractivity contribution in [1.82, 2.24) is 10.3 Å². The zero-order chi connectivity index (χ0) is 23.3. The van der Waals surface area contributed by atoms with Gasteiger partial charge in [-0.1, -0.05) is 48.5 Å². The molecule has 0 aliphatic heterocycles. The van der Waals surface area contributed by atoms with E-state index in [0.717, 1.165) is 22.0 Å². The van der Waals surface area contributed by atoms with Gasteiger partial charge in [-0.3, -0.25) is 15.0 Å². The van der Waals surface area contributed by atoms with Crippen molar-refractivity contribution < 1.29 is 19.4 Å². The van der Waals surface area contributed by atoms with Crippen LogP contribution in [0.4, 0.5) is 0 Å². The number of aromatic amines is 1. The molecule has 2 amide bonds. The van der Waals surface area contributed by atoms with E-state index in [9.17, 15) is 19.4 Å². The molecule has 0 radical (unpaired) electrons. The SMILES string of the molecule is CC(=N)[P+](O)(O)CC(Cc1ccccc1)C(=O)NC(Cc1c[nH]c2ccccc12)C(N)=O. The maximum absolute atomic E-state index is 13.2. The lowest BCUT2D eigenvalue weighted by Crippen LogP contribution is -2.49. The van der Waals surface area contributed by atoms with Crippen molar-refractivity contribution in [3.05, 3.63) is 71.9 Å². The van der Waals surface area contributed by atoms with E-state index in [1.165, 1.54) is 6.92 Å². The van der Waals surface area contributed by atoms with E-state index in [1.807, 2.05) is 54.6 Å². The van der Waals surface area contributed by atoms with Crippen LogP contribution in [0.5, 0.6) is 0 Å². The number of nitrogens with one attached hydrogen (secondary N) is 3. The maximum atomic E-state index is 13.2. The number of aromatic nitrogens is 1. The molecular weight excluding hydrogens is 427 g/mol. The maximum Gasteiger partial charge on any atom is 0.314 e. The topological polar surface area (TPSA) is 152 Å². The van der Waals surface area contributed by atoms with Crippen LogP contribution < -0.4 is 11.1 Å². The number of para-hydroxylation sites is 1. The number of rotatable bonds is 10. The first-order chi connectivity index (χ1) is 15.2. The summed E-state index contributed by atoms with van der Waals surface area (Å²) in [5, 5.41) is 11.3. The number of H-pyrrole nitrogens is 1. The summed E-state index contributed by atoms with van der Waals surface area (Å²) in [6, 6.07) is 15.8. The second-order valence-electron chi connectivity index (χ2n) is 7.91. The average Bonchev–Trinajstić information content (AvgIpc) is 3.16. The molecule has 0 aliphatic carbocycles. The molecule has 0 saturated heterocycles. The third kappa shape index (κ3) is 5.79. The van der Waals surface area contributed by atoms with E-state index in [4.69, 9.17) is 11.1 Å². The van der Waals surface area contributed by atoms with Crippen LogP contribution in [0.25, 0.3) is 10.9 Å². The number of primary amides is 1. The van der Waals surface area contributed by atoms with Crippen LogP contribution in [0.15, 0.2) is 60.8 Å². The fourth-order valence-electron chi connectivity index (χ4n) is 3.62. The Labute approximate surface area is 186 Å². The molecular formula is C23H28N4O4P+. The van der Waals surface area contributed by atoms with E-state index >= 15 is 0 Å². The molecule has 2 unspecified atom stereocenters. The number of hydrogen-bond donors (Lipinski definition) is 6. The molecule has 0 bridgehead atoms. The van der Waals surface area contributed by atoms with Gasteiger partial charge < -0.3 is 16.0 Å². The van der Waals surface area contributed by atoms with Gasteiger partial charge in [0, 0.05) is 30.4 Å². The Kier molecular flexibility index (Phi) is 7.40. The molecule has 1 aromatic heterocycles. The molecule has 32 heavy (non-hydrogen) atoms. The van der Waals surface area contributed by atoms with E-state index in [1.54, 1.807) is 6.20 Å². The second kappa shape index (κ2) is 10.0. The minimum absolute atomic E-state index is 0.200. The highest BCUT2D eigenvalue weighted by Gasteiger charge is 2.43. The Hall–Kier alpha value is -3.06. The minimum atomic E-state index is -3.72. The van der Waals surface area contributed by atoms with Crippen LogP contribution in [0, 0.1) is 11.3 Å². The second-order valence-corrected chi connectivity index (χ2v) is 10.4. The zero-order valence-electron chi connectivity index (χ0n) is 17.8. The van der Waals surface area contributed by atoms with Crippen LogP contribution in [0.3, 0.4) is 0 Å².